The number of rotatable bonds is 6. The third-order valence-corrected chi connectivity index (χ3v) is 4.48. The largest absolute Gasteiger partial charge is 0.493 e. The summed E-state index contributed by atoms with van der Waals surface area (Å²) in [6, 6.07) is 7.06. The van der Waals surface area contributed by atoms with Gasteiger partial charge in [-0.05, 0) is 49.2 Å². The second-order valence-corrected chi connectivity index (χ2v) is 6.08. The normalized spacial score (nSPS) is 10.9. The number of ether oxygens (including phenoxy) is 2. The number of carbonyl (C=O) groups is 1. The number of aromatic nitrogens is 1. The minimum absolute atomic E-state index is 0.147. The van der Waals surface area contributed by atoms with E-state index in [9.17, 15) is 13.6 Å². The van der Waals surface area contributed by atoms with Gasteiger partial charge in [-0.15, -0.1) is 0 Å². The first-order valence-electron chi connectivity index (χ1n) is 8.41. The summed E-state index contributed by atoms with van der Waals surface area (Å²) in [6.07, 6.45) is 0.366. The number of H-pyrrole nitrogens is 1. The van der Waals surface area contributed by atoms with Crippen molar-refractivity contribution in [3.8, 4) is 11.5 Å². The van der Waals surface area contributed by atoms with Crippen LogP contribution in [-0.2, 0) is 6.42 Å². The Hall–Kier alpha value is -3.09. The van der Waals surface area contributed by atoms with E-state index in [1.54, 1.807) is 25.1 Å². The van der Waals surface area contributed by atoms with E-state index in [4.69, 9.17) is 9.47 Å². The maximum Gasteiger partial charge on any atom is 0.251 e. The van der Waals surface area contributed by atoms with Crippen molar-refractivity contribution >= 4 is 16.8 Å². The summed E-state index contributed by atoms with van der Waals surface area (Å²) in [5, 5.41) is 3.02. The van der Waals surface area contributed by atoms with Crippen LogP contribution in [0.5, 0.6) is 11.5 Å². The van der Waals surface area contributed by atoms with Crippen molar-refractivity contribution in [2.75, 3.05) is 20.8 Å². The van der Waals surface area contributed by atoms with E-state index >= 15 is 0 Å². The molecule has 3 aromatic rings. The molecule has 7 heteroatoms. The molecule has 0 unspecified atom stereocenters. The van der Waals surface area contributed by atoms with Crippen molar-refractivity contribution in [2.45, 2.75) is 13.3 Å². The van der Waals surface area contributed by atoms with Crippen LogP contribution in [0.25, 0.3) is 10.9 Å². The third kappa shape index (κ3) is 3.58. The number of nitrogens with one attached hydrogen (secondary N) is 2. The molecule has 2 N–H and O–H groups in total. The molecule has 5 nitrogen and oxygen atoms in total. The molecule has 0 atom stereocenters. The van der Waals surface area contributed by atoms with Crippen LogP contribution >= 0.6 is 0 Å². The van der Waals surface area contributed by atoms with Gasteiger partial charge in [0.05, 0.1) is 19.7 Å². The number of hydrogen-bond donors (Lipinski definition) is 2. The highest BCUT2D eigenvalue weighted by Crippen LogP contribution is 2.28. The van der Waals surface area contributed by atoms with Gasteiger partial charge in [0.2, 0.25) is 0 Å². The number of aryl methyl sites for hydroxylation is 1. The molecule has 27 heavy (non-hydrogen) atoms. The van der Waals surface area contributed by atoms with Crippen LogP contribution in [0.1, 0.15) is 21.6 Å². The summed E-state index contributed by atoms with van der Waals surface area (Å²) in [6.45, 7) is 2.03. The molecule has 0 aliphatic rings. The molecule has 0 radical (unpaired) electrons. The second kappa shape index (κ2) is 7.65. The smallest absolute Gasteiger partial charge is 0.251 e. The van der Waals surface area contributed by atoms with Crippen LogP contribution in [0, 0.1) is 18.6 Å². The first-order chi connectivity index (χ1) is 13.0. The van der Waals surface area contributed by atoms with Gasteiger partial charge >= 0.3 is 0 Å². The van der Waals surface area contributed by atoms with Gasteiger partial charge in [0.1, 0.15) is 11.6 Å². The zero-order chi connectivity index (χ0) is 19.6. The van der Waals surface area contributed by atoms with Crippen LogP contribution < -0.4 is 14.8 Å². The van der Waals surface area contributed by atoms with Crippen molar-refractivity contribution in [3.63, 3.8) is 0 Å². The lowest BCUT2D eigenvalue weighted by atomic mass is 10.1. The average Bonchev–Trinajstić information content (AvgIpc) is 3.01. The molecule has 0 saturated heterocycles. The Kier molecular flexibility index (Phi) is 5.30. The second-order valence-electron chi connectivity index (χ2n) is 6.08. The summed E-state index contributed by atoms with van der Waals surface area (Å²) in [7, 11) is 3.01. The van der Waals surface area contributed by atoms with E-state index in [0.29, 0.717) is 34.7 Å². The lowest BCUT2D eigenvalue weighted by Crippen LogP contribution is -2.25. The summed E-state index contributed by atoms with van der Waals surface area (Å²) < 4.78 is 38.4. The number of fused-ring (bicyclic) bond motifs is 1. The maximum atomic E-state index is 14.1. The number of methoxy groups -OCH3 is 2. The van der Waals surface area contributed by atoms with Gasteiger partial charge in [-0.2, -0.15) is 0 Å². The lowest BCUT2D eigenvalue weighted by Gasteiger charge is -2.10. The highest BCUT2D eigenvalue weighted by molar-refractivity contribution is 5.95. The fourth-order valence-electron chi connectivity index (χ4n) is 3.11. The molecule has 2 aromatic carbocycles. The topological polar surface area (TPSA) is 63.3 Å². The Bertz CT molecular complexity index is 999. The van der Waals surface area contributed by atoms with Crippen molar-refractivity contribution < 1.29 is 23.0 Å². The fraction of sp³-hybridized carbons (Fsp3) is 0.250. The molecule has 1 aromatic heterocycles. The van der Waals surface area contributed by atoms with Crippen molar-refractivity contribution in [1.82, 2.24) is 10.3 Å². The predicted molar refractivity (Wildman–Crippen MR) is 98.5 cm³/mol. The molecule has 3 rings (SSSR count). The Labute approximate surface area is 155 Å². The van der Waals surface area contributed by atoms with Gasteiger partial charge in [-0.1, -0.05) is 0 Å². The number of benzene rings is 2. The minimum Gasteiger partial charge on any atom is -0.493 e. The molecule has 1 amide bonds. The highest BCUT2D eigenvalue weighted by Gasteiger charge is 2.16. The van der Waals surface area contributed by atoms with Crippen LogP contribution in [-0.4, -0.2) is 31.7 Å². The Morgan fingerprint density at radius 1 is 1.07 bits per heavy atom. The van der Waals surface area contributed by atoms with Crippen LogP contribution in [0.3, 0.4) is 0 Å². The molecular weight excluding hydrogens is 354 g/mol. The Balaban J connectivity index is 1.74. The number of halogens is 2. The first kappa shape index (κ1) is 18.7. The molecular formula is C20H20F2N2O3. The van der Waals surface area contributed by atoms with Gasteiger partial charge in [-0.25, -0.2) is 8.78 Å². The van der Waals surface area contributed by atoms with Gasteiger partial charge in [0, 0.05) is 23.2 Å². The standard InChI is InChI=1S/C20H20F2N2O3/c1-11-13(18-14(21)5-6-15(22)19(18)24-11)8-9-23-20(25)12-4-7-16(26-2)17(10-12)27-3/h4-7,10,24H,8-9H2,1-3H3,(H,23,25). The molecule has 0 saturated carbocycles. The maximum absolute atomic E-state index is 14.1. The van der Waals surface area contributed by atoms with Crippen molar-refractivity contribution in [2.24, 2.45) is 0 Å². The zero-order valence-corrected chi connectivity index (χ0v) is 15.3. The Morgan fingerprint density at radius 3 is 2.48 bits per heavy atom. The molecule has 0 spiro atoms. The van der Waals surface area contributed by atoms with Gasteiger partial charge in [0.15, 0.2) is 11.5 Å². The third-order valence-electron chi connectivity index (χ3n) is 4.48. The Morgan fingerprint density at radius 2 is 1.78 bits per heavy atom. The van der Waals surface area contributed by atoms with E-state index in [1.165, 1.54) is 14.2 Å². The minimum atomic E-state index is -0.505. The van der Waals surface area contributed by atoms with Crippen molar-refractivity contribution in [1.29, 1.82) is 0 Å². The quantitative estimate of drug-likeness (QED) is 0.691. The summed E-state index contributed by atoms with van der Waals surface area (Å²) in [4.78, 5) is 15.2. The lowest BCUT2D eigenvalue weighted by molar-refractivity contribution is 0.0953. The van der Waals surface area contributed by atoms with E-state index < -0.39 is 11.6 Å². The molecule has 0 aliphatic heterocycles. The van der Waals surface area contributed by atoms with Gasteiger partial charge in [0.25, 0.3) is 5.91 Å². The van der Waals surface area contributed by atoms with Crippen molar-refractivity contribution in [3.05, 3.63) is 58.8 Å². The monoisotopic (exact) mass is 374 g/mol. The summed E-state index contributed by atoms with van der Waals surface area (Å²) >= 11 is 0. The molecule has 142 valence electrons. The molecule has 0 fully saturated rings. The summed E-state index contributed by atoms with van der Waals surface area (Å²) in [5.74, 6) is -0.302. The van der Waals surface area contributed by atoms with Gasteiger partial charge < -0.3 is 19.8 Å². The summed E-state index contributed by atoms with van der Waals surface area (Å²) in [5.41, 5.74) is 1.89. The molecule has 1 heterocycles. The van der Waals surface area contributed by atoms with E-state index in [-0.39, 0.29) is 23.4 Å². The van der Waals surface area contributed by atoms with E-state index in [0.717, 1.165) is 12.1 Å². The SMILES string of the molecule is COc1ccc(C(=O)NCCc2c(C)[nH]c3c(F)ccc(F)c23)cc1OC. The number of hydrogen-bond acceptors (Lipinski definition) is 3. The zero-order valence-electron chi connectivity index (χ0n) is 15.3. The number of aromatic amines is 1. The molecule has 0 aliphatic carbocycles. The van der Waals surface area contributed by atoms with Crippen LogP contribution in [0.2, 0.25) is 0 Å². The fourth-order valence-corrected chi connectivity index (χ4v) is 3.11. The number of carbonyl (C=O) groups excluding carboxylic acids is 1. The first-order valence-corrected chi connectivity index (χ1v) is 8.41. The predicted octanol–water partition coefficient (Wildman–Crippen LogP) is 3.74. The number of amides is 1. The van der Waals surface area contributed by atoms with E-state index in [1.807, 2.05) is 0 Å². The molecule has 0 bridgehead atoms. The van der Waals surface area contributed by atoms with E-state index in [2.05, 4.69) is 10.3 Å². The van der Waals surface area contributed by atoms with Gasteiger partial charge in [-0.3, -0.25) is 4.79 Å². The average molecular weight is 374 g/mol. The van der Waals surface area contributed by atoms with Crippen LogP contribution in [0.4, 0.5) is 8.78 Å². The highest BCUT2D eigenvalue weighted by atomic mass is 19.1. The van der Waals surface area contributed by atoms with Crippen LogP contribution in [0.15, 0.2) is 30.3 Å².